The van der Waals surface area contributed by atoms with Gasteiger partial charge in [-0.2, -0.15) is 0 Å². The number of amides is 1. The third-order valence-electron chi connectivity index (χ3n) is 6.39. The molecule has 0 spiro atoms. The minimum Gasteiger partial charge on any atom is -0.372 e. The molecule has 2 aromatic carbocycles. The van der Waals surface area contributed by atoms with Gasteiger partial charge >= 0.3 is 0 Å². The first-order valence-corrected chi connectivity index (χ1v) is 11.6. The summed E-state index contributed by atoms with van der Waals surface area (Å²) in [6.45, 7) is 9.29. The van der Waals surface area contributed by atoms with Crippen LogP contribution in [0.4, 0.5) is 14.5 Å². The van der Waals surface area contributed by atoms with Crippen molar-refractivity contribution < 1.29 is 18.3 Å². The van der Waals surface area contributed by atoms with Gasteiger partial charge in [0, 0.05) is 51.5 Å². The van der Waals surface area contributed by atoms with Crippen LogP contribution in [0.15, 0.2) is 55.1 Å². The molecule has 1 amide bonds. The fourth-order valence-corrected chi connectivity index (χ4v) is 4.54. The fourth-order valence-electron chi connectivity index (χ4n) is 4.54. The van der Waals surface area contributed by atoms with Gasteiger partial charge in [-0.25, -0.2) is 8.78 Å². The smallest absolute Gasteiger partial charge is 0.257 e. The predicted octanol–water partition coefficient (Wildman–Crippen LogP) is 4.27. The Morgan fingerprint density at radius 2 is 1.76 bits per heavy atom. The van der Waals surface area contributed by atoms with Crippen molar-refractivity contribution in [1.29, 1.82) is 0 Å². The molecule has 7 heteroatoms. The van der Waals surface area contributed by atoms with Gasteiger partial charge in [-0.3, -0.25) is 9.69 Å². The van der Waals surface area contributed by atoms with Crippen molar-refractivity contribution in [2.24, 2.45) is 0 Å². The summed E-state index contributed by atoms with van der Waals surface area (Å²) in [5, 5.41) is 0. The van der Waals surface area contributed by atoms with E-state index in [-0.39, 0.29) is 11.7 Å². The molecule has 1 unspecified atom stereocenters. The summed E-state index contributed by atoms with van der Waals surface area (Å²) >= 11 is 0. The molecule has 0 N–H and O–H groups in total. The number of rotatable bonds is 8. The predicted molar refractivity (Wildman–Crippen MR) is 125 cm³/mol. The average molecular weight is 456 g/mol. The first kappa shape index (κ1) is 23.4. The zero-order valence-corrected chi connectivity index (χ0v) is 18.9. The molecular formula is C26H31F2N3O2. The van der Waals surface area contributed by atoms with Crippen LogP contribution in [0.5, 0.6) is 0 Å². The van der Waals surface area contributed by atoms with Crippen molar-refractivity contribution in [3.05, 3.63) is 77.9 Å². The molecule has 0 saturated carbocycles. The Kier molecular flexibility index (Phi) is 7.73. The van der Waals surface area contributed by atoms with Crippen LogP contribution in [0.3, 0.4) is 0 Å². The number of anilines is 1. The number of hydrogen-bond donors (Lipinski definition) is 0. The fraction of sp³-hybridized carbons (Fsp3) is 0.423. The number of halogens is 2. The van der Waals surface area contributed by atoms with E-state index < -0.39 is 17.5 Å². The van der Waals surface area contributed by atoms with Crippen LogP contribution < -0.4 is 4.90 Å². The van der Waals surface area contributed by atoms with E-state index in [1.165, 1.54) is 30.7 Å². The van der Waals surface area contributed by atoms with E-state index in [4.69, 9.17) is 4.74 Å². The molecule has 5 nitrogen and oxygen atoms in total. The topological polar surface area (TPSA) is 36.0 Å². The molecule has 2 aliphatic rings. The lowest BCUT2D eigenvalue weighted by molar-refractivity contribution is 0.0244. The number of carbonyl (C=O) groups excluding carboxylic acids is 1. The van der Waals surface area contributed by atoms with Crippen molar-refractivity contribution in [1.82, 2.24) is 9.80 Å². The summed E-state index contributed by atoms with van der Waals surface area (Å²) in [5.41, 5.74) is 2.14. The summed E-state index contributed by atoms with van der Waals surface area (Å²) in [5.74, 6) is -2.55. The van der Waals surface area contributed by atoms with Crippen LogP contribution in [0, 0.1) is 11.6 Å². The van der Waals surface area contributed by atoms with E-state index >= 15 is 0 Å². The Morgan fingerprint density at radius 3 is 2.48 bits per heavy atom. The second-order valence-electron chi connectivity index (χ2n) is 8.59. The van der Waals surface area contributed by atoms with Crippen LogP contribution in [0.25, 0.3) is 0 Å². The molecule has 4 rings (SSSR count). The van der Waals surface area contributed by atoms with Crippen molar-refractivity contribution in [3.8, 4) is 0 Å². The van der Waals surface area contributed by atoms with Crippen molar-refractivity contribution in [2.45, 2.75) is 18.9 Å². The minimum atomic E-state index is -1.08. The van der Waals surface area contributed by atoms with Gasteiger partial charge < -0.3 is 14.5 Å². The summed E-state index contributed by atoms with van der Waals surface area (Å²) in [4.78, 5) is 18.9. The number of carbonyl (C=O) groups is 1. The summed E-state index contributed by atoms with van der Waals surface area (Å²) < 4.78 is 33.7. The van der Waals surface area contributed by atoms with Crippen LogP contribution in [-0.4, -0.2) is 68.1 Å². The van der Waals surface area contributed by atoms with Crippen molar-refractivity contribution >= 4 is 11.6 Å². The van der Waals surface area contributed by atoms with E-state index in [0.717, 1.165) is 24.7 Å². The Morgan fingerprint density at radius 1 is 1.03 bits per heavy atom. The Labute approximate surface area is 194 Å². The molecule has 2 aromatic rings. The van der Waals surface area contributed by atoms with E-state index in [2.05, 4.69) is 40.6 Å². The Balaban J connectivity index is 1.39. The number of benzene rings is 2. The number of nitrogens with zero attached hydrogens (tertiary/aromatic N) is 3. The Hall–Kier alpha value is -2.77. The first-order chi connectivity index (χ1) is 16.1. The summed E-state index contributed by atoms with van der Waals surface area (Å²) in [6, 6.07) is 12.3. The van der Waals surface area contributed by atoms with Crippen LogP contribution in [0.1, 0.15) is 34.9 Å². The van der Waals surface area contributed by atoms with Gasteiger partial charge in [0.25, 0.3) is 5.91 Å². The maximum Gasteiger partial charge on any atom is 0.257 e. The zero-order valence-electron chi connectivity index (χ0n) is 18.9. The molecule has 0 bridgehead atoms. The van der Waals surface area contributed by atoms with E-state index in [1.807, 2.05) is 0 Å². The SMILES string of the molecule is C=CCOC(CN1CCN(C(=O)c2cccc(F)c2F)CC1)c1cccc(N2CCCC2)c1. The monoisotopic (exact) mass is 455 g/mol. The van der Waals surface area contributed by atoms with Crippen LogP contribution in [0.2, 0.25) is 0 Å². The van der Waals surface area contributed by atoms with Crippen LogP contribution >= 0.6 is 0 Å². The summed E-state index contributed by atoms with van der Waals surface area (Å²) in [6.07, 6.45) is 4.08. The molecule has 0 aromatic heterocycles. The molecule has 0 radical (unpaired) electrons. The number of piperazine rings is 1. The third kappa shape index (κ3) is 5.60. The lowest BCUT2D eigenvalue weighted by Gasteiger charge is -2.36. The van der Waals surface area contributed by atoms with Gasteiger partial charge in [0.1, 0.15) is 0 Å². The first-order valence-electron chi connectivity index (χ1n) is 11.6. The van der Waals surface area contributed by atoms with Gasteiger partial charge in [-0.1, -0.05) is 24.3 Å². The number of ether oxygens (including phenoxy) is 1. The lowest BCUT2D eigenvalue weighted by Crippen LogP contribution is -2.49. The second-order valence-corrected chi connectivity index (χ2v) is 8.59. The molecule has 0 aliphatic carbocycles. The van der Waals surface area contributed by atoms with Gasteiger partial charge in [0.2, 0.25) is 0 Å². The van der Waals surface area contributed by atoms with Crippen molar-refractivity contribution in [3.63, 3.8) is 0 Å². The van der Waals surface area contributed by atoms with Gasteiger partial charge in [-0.05, 0) is 42.7 Å². The standard InChI is InChI=1S/C26H31F2N3O2/c1-2-17-33-24(20-7-5-8-21(18-20)30-11-3-4-12-30)19-29-13-15-31(16-14-29)26(32)22-9-6-10-23(27)25(22)28/h2,5-10,18,24H,1,3-4,11-17,19H2. The van der Waals surface area contributed by atoms with Crippen molar-refractivity contribution in [2.75, 3.05) is 57.3 Å². The minimum absolute atomic E-state index is 0.117. The molecule has 2 fully saturated rings. The molecular weight excluding hydrogens is 424 g/mol. The molecule has 2 heterocycles. The molecule has 1 atom stereocenters. The van der Waals surface area contributed by atoms with E-state index in [1.54, 1.807) is 11.0 Å². The van der Waals surface area contributed by atoms with Gasteiger partial charge in [0.15, 0.2) is 11.6 Å². The average Bonchev–Trinajstić information content (AvgIpc) is 3.39. The molecule has 33 heavy (non-hydrogen) atoms. The van der Waals surface area contributed by atoms with Gasteiger partial charge in [-0.15, -0.1) is 6.58 Å². The zero-order chi connectivity index (χ0) is 23.2. The van der Waals surface area contributed by atoms with E-state index in [9.17, 15) is 13.6 Å². The highest BCUT2D eigenvalue weighted by Gasteiger charge is 2.27. The molecule has 176 valence electrons. The quantitative estimate of drug-likeness (QED) is 0.557. The van der Waals surface area contributed by atoms with Crippen LogP contribution in [-0.2, 0) is 4.74 Å². The molecule has 2 aliphatic heterocycles. The van der Waals surface area contributed by atoms with Gasteiger partial charge in [0.05, 0.1) is 18.3 Å². The second kappa shape index (κ2) is 10.9. The number of hydrogen-bond acceptors (Lipinski definition) is 4. The highest BCUT2D eigenvalue weighted by atomic mass is 19.2. The normalized spacial score (nSPS) is 17.9. The third-order valence-corrected chi connectivity index (χ3v) is 6.39. The maximum atomic E-state index is 14.0. The highest BCUT2D eigenvalue weighted by molar-refractivity contribution is 5.94. The van der Waals surface area contributed by atoms with E-state index in [0.29, 0.717) is 39.3 Å². The Bertz CT molecular complexity index is 970. The summed E-state index contributed by atoms with van der Waals surface area (Å²) in [7, 11) is 0. The molecule has 2 saturated heterocycles. The maximum absolute atomic E-state index is 14.0. The highest BCUT2D eigenvalue weighted by Crippen LogP contribution is 2.27. The lowest BCUT2D eigenvalue weighted by atomic mass is 10.1. The largest absolute Gasteiger partial charge is 0.372 e.